The first-order chi connectivity index (χ1) is 12.9. The van der Waals surface area contributed by atoms with Crippen molar-refractivity contribution in [1.29, 1.82) is 0 Å². The number of aromatic nitrogens is 1. The first-order valence-electron chi connectivity index (χ1n) is 8.25. The third-order valence-electron chi connectivity index (χ3n) is 4.43. The number of nitrogens with zero attached hydrogens (tertiary/aromatic N) is 3. The van der Waals surface area contributed by atoms with E-state index in [1.165, 1.54) is 36.7 Å². The molecule has 0 saturated heterocycles. The molecule has 0 aliphatic heterocycles. The minimum atomic E-state index is -0.617. The van der Waals surface area contributed by atoms with Crippen molar-refractivity contribution in [3.05, 3.63) is 76.1 Å². The van der Waals surface area contributed by atoms with Crippen LogP contribution in [0.1, 0.15) is 11.6 Å². The van der Waals surface area contributed by atoms with Crippen LogP contribution >= 0.6 is 0 Å². The van der Waals surface area contributed by atoms with Crippen molar-refractivity contribution < 1.29 is 13.7 Å². The van der Waals surface area contributed by atoms with Crippen LogP contribution in [-0.4, -0.2) is 35.4 Å². The van der Waals surface area contributed by atoms with Crippen molar-refractivity contribution in [2.45, 2.75) is 6.04 Å². The van der Waals surface area contributed by atoms with E-state index >= 15 is 0 Å². The molecule has 6 nitrogen and oxygen atoms in total. The summed E-state index contributed by atoms with van der Waals surface area (Å²) in [5, 5.41) is 15.4. The summed E-state index contributed by atoms with van der Waals surface area (Å²) in [7, 11) is 3.46. The number of nitrogens with one attached hydrogen (secondary N) is 1. The van der Waals surface area contributed by atoms with Gasteiger partial charge in [0.25, 0.3) is 5.69 Å². The van der Waals surface area contributed by atoms with Crippen molar-refractivity contribution in [2.75, 3.05) is 26.0 Å². The van der Waals surface area contributed by atoms with Gasteiger partial charge in [-0.3, -0.25) is 15.1 Å². The Kier molecular flexibility index (Phi) is 5.27. The highest BCUT2D eigenvalue weighted by Crippen LogP contribution is 2.32. The van der Waals surface area contributed by atoms with Gasteiger partial charge in [0.2, 0.25) is 0 Å². The Morgan fingerprint density at radius 3 is 2.48 bits per heavy atom. The van der Waals surface area contributed by atoms with Crippen molar-refractivity contribution in [1.82, 2.24) is 9.88 Å². The first kappa shape index (κ1) is 18.7. The van der Waals surface area contributed by atoms with E-state index in [9.17, 15) is 18.9 Å². The fraction of sp³-hybridized carbons (Fsp3) is 0.211. The largest absolute Gasteiger partial charge is 0.383 e. The van der Waals surface area contributed by atoms with E-state index < -0.39 is 22.6 Å². The van der Waals surface area contributed by atoms with E-state index in [1.54, 1.807) is 31.1 Å². The monoisotopic (exact) mass is 372 g/mol. The number of likely N-dealkylation sites (N-methyl/N-ethyl adjacent to an activating group) is 1. The van der Waals surface area contributed by atoms with E-state index in [2.05, 4.69) is 10.3 Å². The molecule has 0 saturated carbocycles. The molecule has 0 fully saturated rings. The van der Waals surface area contributed by atoms with Gasteiger partial charge in [0.15, 0.2) is 0 Å². The lowest BCUT2D eigenvalue weighted by atomic mass is 10.0. The molecule has 0 aliphatic rings. The van der Waals surface area contributed by atoms with Gasteiger partial charge in [0, 0.05) is 41.6 Å². The number of benzene rings is 2. The number of anilines is 1. The lowest BCUT2D eigenvalue weighted by Crippen LogP contribution is -2.28. The normalized spacial score (nSPS) is 12.3. The second-order valence-corrected chi connectivity index (χ2v) is 6.31. The molecular formula is C19H18F2N4O2. The van der Waals surface area contributed by atoms with Crippen molar-refractivity contribution >= 4 is 22.1 Å². The van der Waals surface area contributed by atoms with E-state index in [0.29, 0.717) is 16.5 Å². The molecule has 27 heavy (non-hydrogen) atoms. The number of hydrogen-bond acceptors (Lipinski definition) is 5. The van der Waals surface area contributed by atoms with Crippen molar-refractivity contribution in [3.63, 3.8) is 0 Å². The van der Waals surface area contributed by atoms with Gasteiger partial charge in [0.1, 0.15) is 11.6 Å². The van der Waals surface area contributed by atoms with Crippen LogP contribution in [0.2, 0.25) is 0 Å². The standard InChI is InChI=1S/C19H18F2N4O2/c1-24(2)18(19-14(20)4-3-5-15(19)21)11-23-16-6-7-17(25(26)27)13-10-22-9-8-12(13)16/h3-10,18,23H,11H2,1-2H3. The average molecular weight is 372 g/mol. The number of pyridine rings is 1. The third-order valence-corrected chi connectivity index (χ3v) is 4.43. The van der Waals surface area contributed by atoms with Crippen LogP contribution in [-0.2, 0) is 0 Å². The molecule has 8 heteroatoms. The molecule has 1 N–H and O–H groups in total. The number of fused-ring (bicyclic) bond motifs is 1. The molecule has 0 amide bonds. The number of non-ortho nitro benzene ring substituents is 1. The van der Waals surface area contributed by atoms with Crippen LogP contribution in [0.4, 0.5) is 20.2 Å². The predicted molar refractivity (Wildman–Crippen MR) is 99.7 cm³/mol. The molecule has 1 heterocycles. The first-order valence-corrected chi connectivity index (χ1v) is 8.25. The predicted octanol–water partition coefficient (Wildman–Crippen LogP) is 4.14. The maximum absolute atomic E-state index is 14.2. The highest BCUT2D eigenvalue weighted by atomic mass is 19.1. The Morgan fingerprint density at radius 1 is 1.15 bits per heavy atom. The number of nitro groups is 1. The SMILES string of the molecule is CN(C)C(CNc1ccc([N+](=O)[O-])c2cnccc12)c1c(F)cccc1F. The molecule has 140 valence electrons. The van der Waals surface area contributed by atoms with E-state index in [0.717, 1.165) is 0 Å². The van der Waals surface area contributed by atoms with Crippen molar-refractivity contribution in [3.8, 4) is 0 Å². The van der Waals surface area contributed by atoms with Gasteiger partial charge in [-0.2, -0.15) is 0 Å². The lowest BCUT2D eigenvalue weighted by molar-refractivity contribution is -0.383. The molecular weight excluding hydrogens is 354 g/mol. The summed E-state index contributed by atoms with van der Waals surface area (Å²) >= 11 is 0. The molecule has 3 rings (SSSR count). The number of nitro benzene ring substituents is 1. The topological polar surface area (TPSA) is 71.3 Å². The number of hydrogen-bond donors (Lipinski definition) is 1. The summed E-state index contributed by atoms with van der Waals surface area (Å²) in [4.78, 5) is 16.4. The minimum Gasteiger partial charge on any atom is -0.383 e. The Bertz CT molecular complexity index is 974. The summed E-state index contributed by atoms with van der Waals surface area (Å²) in [6.45, 7) is 0.208. The number of rotatable bonds is 6. The summed E-state index contributed by atoms with van der Waals surface area (Å²) in [6, 6.07) is 7.85. The highest BCUT2D eigenvalue weighted by molar-refractivity contribution is 5.99. The maximum atomic E-state index is 14.2. The summed E-state index contributed by atoms with van der Waals surface area (Å²) in [6.07, 6.45) is 2.97. The lowest BCUT2D eigenvalue weighted by Gasteiger charge is -2.26. The Hall–Kier alpha value is -3.13. The van der Waals surface area contributed by atoms with Crippen molar-refractivity contribution in [2.24, 2.45) is 0 Å². The fourth-order valence-corrected chi connectivity index (χ4v) is 3.07. The molecule has 0 spiro atoms. The maximum Gasteiger partial charge on any atom is 0.278 e. The van der Waals surface area contributed by atoms with Gasteiger partial charge in [-0.05, 0) is 38.4 Å². The van der Waals surface area contributed by atoms with Gasteiger partial charge in [0.05, 0.1) is 16.4 Å². The molecule has 1 aromatic heterocycles. The quantitative estimate of drug-likeness (QED) is 0.520. The summed E-state index contributed by atoms with van der Waals surface area (Å²) in [5.74, 6) is -1.23. The van der Waals surface area contributed by atoms with Crippen LogP contribution in [0.25, 0.3) is 10.8 Å². The second-order valence-electron chi connectivity index (χ2n) is 6.31. The molecule has 1 atom stereocenters. The van der Waals surface area contributed by atoms with E-state index in [-0.39, 0.29) is 17.8 Å². The molecule has 1 unspecified atom stereocenters. The van der Waals surface area contributed by atoms with Gasteiger partial charge in [-0.15, -0.1) is 0 Å². The Morgan fingerprint density at radius 2 is 1.85 bits per heavy atom. The van der Waals surface area contributed by atoms with Gasteiger partial charge < -0.3 is 10.2 Å². The Labute approximate surface area is 154 Å². The highest BCUT2D eigenvalue weighted by Gasteiger charge is 2.22. The summed E-state index contributed by atoms with van der Waals surface area (Å²) in [5.41, 5.74) is 0.553. The van der Waals surface area contributed by atoms with Crippen LogP contribution < -0.4 is 5.32 Å². The minimum absolute atomic E-state index is 0.0251. The number of halogens is 2. The van der Waals surface area contributed by atoms with E-state index in [4.69, 9.17) is 0 Å². The third kappa shape index (κ3) is 3.70. The van der Waals surface area contributed by atoms with Crippen LogP contribution in [0.3, 0.4) is 0 Å². The van der Waals surface area contributed by atoms with Gasteiger partial charge in [-0.1, -0.05) is 6.07 Å². The van der Waals surface area contributed by atoms with Crippen LogP contribution in [0, 0.1) is 21.7 Å². The summed E-state index contributed by atoms with van der Waals surface area (Å²) < 4.78 is 28.4. The van der Waals surface area contributed by atoms with Crippen LogP contribution in [0.5, 0.6) is 0 Å². The fourth-order valence-electron chi connectivity index (χ4n) is 3.07. The second kappa shape index (κ2) is 7.63. The average Bonchev–Trinajstić information content (AvgIpc) is 2.63. The van der Waals surface area contributed by atoms with Crippen LogP contribution in [0.15, 0.2) is 48.8 Å². The van der Waals surface area contributed by atoms with Gasteiger partial charge >= 0.3 is 0 Å². The zero-order valence-electron chi connectivity index (χ0n) is 14.8. The zero-order chi connectivity index (χ0) is 19.6. The zero-order valence-corrected chi connectivity index (χ0v) is 14.8. The molecule has 3 aromatic rings. The Balaban J connectivity index is 1.95. The molecule has 0 radical (unpaired) electrons. The molecule has 2 aromatic carbocycles. The molecule has 0 aliphatic carbocycles. The van der Waals surface area contributed by atoms with E-state index in [1.807, 2.05) is 0 Å². The smallest absolute Gasteiger partial charge is 0.278 e. The molecule has 0 bridgehead atoms. The van der Waals surface area contributed by atoms with Gasteiger partial charge in [-0.25, -0.2) is 8.78 Å².